The van der Waals surface area contributed by atoms with Gasteiger partial charge in [-0.2, -0.15) is 0 Å². The first kappa shape index (κ1) is 9.65. The summed E-state index contributed by atoms with van der Waals surface area (Å²) in [6, 6.07) is 2.58. The average Bonchev–Trinajstić information content (AvgIpc) is 1.82. The van der Waals surface area contributed by atoms with E-state index in [0.717, 1.165) is 0 Å². The molecule has 0 unspecified atom stereocenters. The molecule has 1 rings (SSSR count). The van der Waals surface area contributed by atoms with Crippen LogP contribution >= 0.6 is 34.8 Å². The van der Waals surface area contributed by atoms with Crippen LogP contribution in [-0.2, 0) is 0 Å². The predicted octanol–water partition coefficient (Wildman–Crippen LogP) is 2.01. The molecule has 1 aromatic rings. The van der Waals surface area contributed by atoms with Crippen LogP contribution in [0.3, 0.4) is 0 Å². The highest BCUT2D eigenvalue weighted by molar-refractivity contribution is 6.41. The van der Waals surface area contributed by atoms with Gasteiger partial charge in [0.05, 0.1) is 16.0 Å². The van der Waals surface area contributed by atoms with Crippen LogP contribution in [0.2, 0.25) is 15.1 Å². The van der Waals surface area contributed by atoms with Gasteiger partial charge in [0.2, 0.25) is 0 Å². The Balaban J connectivity index is 3.38. The summed E-state index contributed by atoms with van der Waals surface area (Å²) in [6.45, 7) is 0. The predicted molar refractivity (Wildman–Crippen MR) is 45.8 cm³/mol. The van der Waals surface area contributed by atoms with Gasteiger partial charge in [0.15, 0.2) is 0 Å². The third kappa shape index (κ3) is 1.83. The summed E-state index contributed by atoms with van der Waals surface area (Å²) in [4.78, 5) is 10.4. The van der Waals surface area contributed by atoms with Gasteiger partial charge in [-0.3, -0.25) is 0 Å². The lowest BCUT2D eigenvalue weighted by Gasteiger charge is -2.07. The Labute approximate surface area is 83.7 Å². The van der Waals surface area contributed by atoms with Gasteiger partial charge in [-0.25, -0.2) is 0 Å². The highest BCUT2D eigenvalue weighted by Gasteiger charge is 2.07. The lowest BCUT2D eigenvalue weighted by atomic mass is 10.2. The lowest BCUT2D eigenvalue weighted by Crippen LogP contribution is -2.23. The molecule has 0 saturated carbocycles. The zero-order valence-electron chi connectivity index (χ0n) is 5.61. The molecule has 0 spiro atoms. The summed E-state index contributed by atoms with van der Waals surface area (Å²) in [7, 11) is 0. The quantitative estimate of drug-likeness (QED) is 0.732. The van der Waals surface area contributed by atoms with Crippen LogP contribution in [-0.4, -0.2) is 5.97 Å². The Bertz CT molecular complexity index is 312. The number of carbonyl (C=O) groups excluding carboxylic acids is 1. The van der Waals surface area contributed by atoms with E-state index in [9.17, 15) is 9.90 Å². The topological polar surface area (TPSA) is 40.1 Å². The Hall–Kier alpha value is -0.440. The molecule has 0 radical (unpaired) electrons. The molecule has 0 amide bonds. The summed E-state index contributed by atoms with van der Waals surface area (Å²) in [6.07, 6.45) is 0. The van der Waals surface area contributed by atoms with E-state index in [-0.39, 0.29) is 20.6 Å². The van der Waals surface area contributed by atoms with Crippen LogP contribution in [0.5, 0.6) is 0 Å². The van der Waals surface area contributed by atoms with Crippen molar-refractivity contribution in [1.82, 2.24) is 0 Å². The maximum atomic E-state index is 10.4. The van der Waals surface area contributed by atoms with E-state index >= 15 is 0 Å². The number of carboxylic acids is 1. The molecule has 0 aliphatic heterocycles. The van der Waals surface area contributed by atoms with E-state index in [4.69, 9.17) is 34.8 Å². The second-order valence-corrected chi connectivity index (χ2v) is 3.28. The fourth-order valence-corrected chi connectivity index (χ4v) is 1.71. The molecule has 0 aliphatic carbocycles. The fraction of sp³-hybridized carbons (Fsp3) is 0. The molecule has 5 heteroatoms. The second kappa shape index (κ2) is 3.52. The van der Waals surface area contributed by atoms with E-state index in [0.29, 0.717) is 0 Å². The van der Waals surface area contributed by atoms with Gasteiger partial charge in [0.1, 0.15) is 0 Å². The monoisotopic (exact) mass is 223 g/mol. The summed E-state index contributed by atoms with van der Waals surface area (Å²) in [5.41, 5.74) is -0.234. The molecule has 64 valence electrons. The molecule has 0 aromatic heterocycles. The van der Waals surface area contributed by atoms with Crippen molar-refractivity contribution in [3.05, 3.63) is 32.8 Å². The van der Waals surface area contributed by atoms with E-state index in [1.165, 1.54) is 12.1 Å². The van der Waals surface area contributed by atoms with Crippen molar-refractivity contribution in [3.63, 3.8) is 0 Å². The zero-order valence-corrected chi connectivity index (χ0v) is 7.87. The van der Waals surface area contributed by atoms with Gasteiger partial charge < -0.3 is 9.90 Å². The van der Waals surface area contributed by atoms with Crippen LogP contribution in [0.4, 0.5) is 0 Å². The van der Waals surface area contributed by atoms with Crippen molar-refractivity contribution >= 4 is 40.8 Å². The van der Waals surface area contributed by atoms with Crippen LogP contribution in [0.15, 0.2) is 12.1 Å². The van der Waals surface area contributed by atoms with Gasteiger partial charge >= 0.3 is 0 Å². The molecule has 0 N–H and O–H groups in total. The van der Waals surface area contributed by atoms with Gasteiger partial charge in [0.25, 0.3) is 0 Å². The molecular weight excluding hydrogens is 222 g/mol. The number of rotatable bonds is 1. The summed E-state index contributed by atoms with van der Waals surface area (Å²) in [5.74, 6) is -1.42. The summed E-state index contributed by atoms with van der Waals surface area (Å²) in [5, 5.41) is 10.7. The Morgan fingerprint density at radius 1 is 1.17 bits per heavy atom. The first-order valence-electron chi connectivity index (χ1n) is 2.88. The molecule has 0 saturated heterocycles. The third-order valence-corrected chi connectivity index (χ3v) is 2.03. The maximum Gasteiger partial charge on any atom is 0.0745 e. The summed E-state index contributed by atoms with van der Waals surface area (Å²) < 4.78 is 0. The van der Waals surface area contributed by atoms with Crippen molar-refractivity contribution in [2.45, 2.75) is 0 Å². The van der Waals surface area contributed by atoms with E-state index in [1.807, 2.05) is 0 Å². The minimum atomic E-state index is -1.42. The van der Waals surface area contributed by atoms with Crippen molar-refractivity contribution in [1.29, 1.82) is 0 Å². The number of hydrogen-bond acceptors (Lipinski definition) is 2. The number of carbonyl (C=O) groups is 1. The highest BCUT2D eigenvalue weighted by Crippen LogP contribution is 2.28. The Morgan fingerprint density at radius 3 is 1.92 bits per heavy atom. The molecule has 1 aromatic carbocycles. The molecular formula is C7H2Cl3O2-. The number of carboxylic acid groups (broad SMARTS) is 1. The SMILES string of the molecule is O=C([O-])c1c(Cl)cc(Cl)cc1Cl. The van der Waals surface area contributed by atoms with Gasteiger partial charge in [-0.05, 0) is 12.1 Å². The van der Waals surface area contributed by atoms with Gasteiger partial charge in [-0.1, -0.05) is 34.8 Å². The smallest absolute Gasteiger partial charge is 0.0745 e. The molecule has 0 bridgehead atoms. The minimum absolute atomic E-state index is 0.0208. The number of aromatic carboxylic acids is 1. The number of benzene rings is 1. The van der Waals surface area contributed by atoms with E-state index in [2.05, 4.69) is 0 Å². The summed E-state index contributed by atoms with van der Waals surface area (Å²) >= 11 is 16.6. The molecule has 0 aliphatic rings. The Kier molecular flexibility index (Phi) is 2.83. The maximum absolute atomic E-state index is 10.4. The number of halogens is 3. The van der Waals surface area contributed by atoms with Crippen molar-refractivity contribution < 1.29 is 9.90 Å². The van der Waals surface area contributed by atoms with Crippen molar-refractivity contribution in [2.75, 3.05) is 0 Å². The van der Waals surface area contributed by atoms with Crippen molar-refractivity contribution in [3.8, 4) is 0 Å². The van der Waals surface area contributed by atoms with Crippen molar-refractivity contribution in [2.24, 2.45) is 0 Å². The minimum Gasteiger partial charge on any atom is -0.545 e. The van der Waals surface area contributed by atoms with Crippen LogP contribution in [0.25, 0.3) is 0 Å². The van der Waals surface area contributed by atoms with Gasteiger partial charge in [0, 0.05) is 10.6 Å². The Morgan fingerprint density at radius 2 is 1.58 bits per heavy atom. The standard InChI is InChI=1S/C7H3Cl3O2/c8-3-1-4(9)6(7(11)12)5(10)2-3/h1-2H,(H,11,12)/p-1. The number of hydrogen-bond donors (Lipinski definition) is 0. The van der Waals surface area contributed by atoms with Crippen LogP contribution in [0.1, 0.15) is 10.4 Å². The van der Waals surface area contributed by atoms with Crippen LogP contribution < -0.4 is 5.11 Å². The first-order valence-corrected chi connectivity index (χ1v) is 4.01. The first-order chi connectivity index (χ1) is 5.52. The second-order valence-electron chi connectivity index (χ2n) is 2.03. The van der Waals surface area contributed by atoms with E-state index < -0.39 is 5.97 Å². The van der Waals surface area contributed by atoms with E-state index in [1.54, 1.807) is 0 Å². The van der Waals surface area contributed by atoms with Gasteiger partial charge in [-0.15, -0.1) is 0 Å². The third-order valence-electron chi connectivity index (χ3n) is 1.21. The fourth-order valence-electron chi connectivity index (χ4n) is 0.737. The van der Waals surface area contributed by atoms with Crippen LogP contribution in [0, 0.1) is 0 Å². The molecule has 12 heavy (non-hydrogen) atoms. The highest BCUT2D eigenvalue weighted by atomic mass is 35.5. The average molecular weight is 224 g/mol. The zero-order chi connectivity index (χ0) is 9.30. The molecule has 0 fully saturated rings. The molecule has 0 heterocycles. The molecule has 2 nitrogen and oxygen atoms in total. The normalized spacial score (nSPS) is 9.92. The largest absolute Gasteiger partial charge is 0.545 e. The molecule has 0 atom stereocenters. The lowest BCUT2D eigenvalue weighted by molar-refractivity contribution is -0.255.